The van der Waals surface area contributed by atoms with E-state index in [-0.39, 0.29) is 11.8 Å². The number of nitrogens with zero attached hydrogens (tertiary/aromatic N) is 1. The molecule has 2 aromatic carbocycles. The molecule has 0 aliphatic heterocycles. The number of aryl methyl sites for hydroxylation is 2. The van der Waals surface area contributed by atoms with Crippen LogP contribution in [0.15, 0.2) is 48.5 Å². The monoisotopic (exact) mass is 396 g/mol. The van der Waals surface area contributed by atoms with Gasteiger partial charge in [-0.2, -0.15) is 0 Å². The Morgan fingerprint density at radius 3 is 2.31 bits per heavy atom. The maximum atomic E-state index is 13.1. The summed E-state index contributed by atoms with van der Waals surface area (Å²) in [7, 11) is 3.22. The summed E-state index contributed by atoms with van der Waals surface area (Å²) in [4.78, 5) is 27.2. The standard InChI is InChI=1S/C24H32N2O3/c1-5-18-10-12-19(13-11-18)14-15-23(27)26(22(6-2)24(28)25-3)17-20-8-7-9-21(16-20)29-4/h7-13,16,22H,5-6,14-15,17H2,1-4H3,(H,25,28)/t22-/m1/s1. The van der Waals surface area contributed by atoms with Crippen LogP contribution in [0.2, 0.25) is 0 Å². The molecule has 0 fully saturated rings. The summed E-state index contributed by atoms with van der Waals surface area (Å²) in [5.41, 5.74) is 3.35. The van der Waals surface area contributed by atoms with E-state index in [0.29, 0.717) is 25.8 Å². The Labute approximate surface area is 174 Å². The number of ether oxygens (including phenoxy) is 1. The molecular weight excluding hydrogens is 364 g/mol. The lowest BCUT2D eigenvalue weighted by atomic mass is 10.0. The van der Waals surface area contributed by atoms with Crippen LogP contribution < -0.4 is 10.1 Å². The lowest BCUT2D eigenvalue weighted by Gasteiger charge is -2.30. The van der Waals surface area contributed by atoms with Gasteiger partial charge in [0.05, 0.1) is 7.11 Å². The van der Waals surface area contributed by atoms with Crippen molar-refractivity contribution in [2.75, 3.05) is 14.2 Å². The third-order valence-corrected chi connectivity index (χ3v) is 5.18. The number of likely N-dealkylation sites (N-methyl/N-ethyl adjacent to an activating group) is 1. The highest BCUT2D eigenvalue weighted by Crippen LogP contribution is 2.18. The van der Waals surface area contributed by atoms with Gasteiger partial charge in [-0.05, 0) is 48.1 Å². The molecule has 0 aliphatic carbocycles. The van der Waals surface area contributed by atoms with E-state index < -0.39 is 6.04 Å². The van der Waals surface area contributed by atoms with Gasteiger partial charge in [-0.3, -0.25) is 9.59 Å². The van der Waals surface area contributed by atoms with Gasteiger partial charge in [0, 0.05) is 20.0 Å². The minimum Gasteiger partial charge on any atom is -0.497 e. The third kappa shape index (κ3) is 6.34. The quantitative estimate of drug-likeness (QED) is 0.665. The van der Waals surface area contributed by atoms with Gasteiger partial charge in [0.25, 0.3) is 0 Å². The Bertz CT molecular complexity index is 802. The zero-order chi connectivity index (χ0) is 21.2. The topological polar surface area (TPSA) is 58.6 Å². The molecule has 0 spiro atoms. The number of carbonyl (C=O) groups excluding carboxylic acids is 2. The van der Waals surface area contributed by atoms with Crippen molar-refractivity contribution in [3.8, 4) is 5.75 Å². The summed E-state index contributed by atoms with van der Waals surface area (Å²) in [5.74, 6) is 0.567. The number of benzene rings is 2. The van der Waals surface area contributed by atoms with E-state index in [9.17, 15) is 9.59 Å². The van der Waals surface area contributed by atoms with E-state index in [1.54, 1.807) is 19.1 Å². The van der Waals surface area contributed by atoms with Crippen LogP contribution in [0.5, 0.6) is 5.75 Å². The SMILES string of the molecule is CCc1ccc(CCC(=O)N(Cc2cccc(OC)c2)[C@H](CC)C(=O)NC)cc1. The van der Waals surface area contributed by atoms with Crippen LogP contribution >= 0.6 is 0 Å². The van der Waals surface area contributed by atoms with Crippen molar-refractivity contribution in [3.63, 3.8) is 0 Å². The van der Waals surface area contributed by atoms with E-state index in [1.807, 2.05) is 31.2 Å². The molecule has 2 rings (SSSR count). The van der Waals surface area contributed by atoms with Gasteiger partial charge in [-0.1, -0.05) is 50.2 Å². The van der Waals surface area contributed by atoms with Gasteiger partial charge in [-0.25, -0.2) is 0 Å². The Balaban J connectivity index is 2.17. The number of rotatable bonds is 10. The molecule has 29 heavy (non-hydrogen) atoms. The van der Waals surface area contributed by atoms with Crippen molar-refractivity contribution in [1.29, 1.82) is 0 Å². The van der Waals surface area contributed by atoms with E-state index in [1.165, 1.54) is 5.56 Å². The molecule has 5 nitrogen and oxygen atoms in total. The molecule has 5 heteroatoms. The molecule has 1 N–H and O–H groups in total. The molecule has 0 aromatic heterocycles. The third-order valence-electron chi connectivity index (χ3n) is 5.18. The molecule has 1 atom stereocenters. The molecule has 0 unspecified atom stereocenters. The van der Waals surface area contributed by atoms with E-state index in [4.69, 9.17) is 4.74 Å². The highest BCUT2D eigenvalue weighted by molar-refractivity contribution is 5.87. The summed E-state index contributed by atoms with van der Waals surface area (Å²) in [6, 6.07) is 15.5. The Morgan fingerprint density at radius 1 is 1.03 bits per heavy atom. The Morgan fingerprint density at radius 2 is 1.72 bits per heavy atom. The largest absolute Gasteiger partial charge is 0.497 e. The number of methoxy groups -OCH3 is 1. The van der Waals surface area contributed by atoms with Gasteiger partial charge in [0.2, 0.25) is 11.8 Å². The highest BCUT2D eigenvalue weighted by atomic mass is 16.5. The zero-order valence-corrected chi connectivity index (χ0v) is 17.9. The molecule has 0 saturated heterocycles. The van der Waals surface area contributed by atoms with Crippen LogP contribution in [0.1, 0.15) is 43.4 Å². The molecular formula is C24H32N2O3. The predicted octanol–water partition coefficient (Wildman–Crippen LogP) is 3.74. The van der Waals surface area contributed by atoms with Crippen molar-refractivity contribution in [3.05, 3.63) is 65.2 Å². The number of hydrogen-bond donors (Lipinski definition) is 1. The van der Waals surface area contributed by atoms with Crippen LogP contribution in [-0.2, 0) is 29.0 Å². The average Bonchev–Trinajstić information content (AvgIpc) is 2.77. The fourth-order valence-electron chi connectivity index (χ4n) is 3.39. The molecule has 2 amide bonds. The van der Waals surface area contributed by atoms with E-state index in [0.717, 1.165) is 23.3 Å². The first kappa shape index (κ1) is 22.5. The molecule has 2 aromatic rings. The number of nitrogens with one attached hydrogen (secondary N) is 1. The first-order valence-corrected chi connectivity index (χ1v) is 10.2. The van der Waals surface area contributed by atoms with Gasteiger partial charge < -0.3 is 15.0 Å². The van der Waals surface area contributed by atoms with Crippen molar-refractivity contribution in [2.24, 2.45) is 0 Å². The molecule has 156 valence electrons. The minimum absolute atomic E-state index is 0.0252. The summed E-state index contributed by atoms with van der Waals surface area (Å²) in [5, 5.41) is 2.69. The second-order valence-electron chi connectivity index (χ2n) is 7.08. The van der Waals surface area contributed by atoms with Gasteiger partial charge in [0.15, 0.2) is 0 Å². The summed E-state index contributed by atoms with van der Waals surface area (Å²) < 4.78 is 5.29. The minimum atomic E-state index is -0.499. The Hall–Kier alpha value is -2.82. The zero-order valence-electron chi connectivity index (χ0n) is 17.9. The summed E-state index contributed by atoms with van der Waals surface area (Å²) in [6.45, 7) is 4.42. The molecule has 0 saturated carbocycles. The second-order valence-corrected chi connectivity index (χ2v) is 7.08. The average molecular weight is 397 g/mol. The highest BCUT2D eigenvalue weighted by Gasteiger charge is 2.27. The van der Waals surface area contributed by atoms with Crippen molar-refractivity contribution in [1.82, 2.24) is 10.2 Å². The van der Waals surface area contributed by atoms with Crippen LogP contribution in [-0.4, -0.2) is 36.9 Å². The number of amides is 2. The van der Waals surface area contributed by atoms with Crippen molar-refractivity contribution >= 4 is 11.8 Å². The van der Waals surface area contributed by atoms with Crippen molar-refractivity contribution < 1.29 is 14.3 Å². The van der Waals surface area contributed by atoms with E-state index >= 15 is 0 Å². The lowest BCUT2D eigenvalue weighted by molar-refractivity contribution is -0.141. The first-order valence-electron chi connectivity index (χ1n) is 10.2. The smallest absolute Gasteiger partial charge is 0.242 e. The lowest BCUT2D eigenvalue weighted by Crippen LogP contribution is -2.48. The first-order chi connectivity index (χ1) is 14.0. The van der Waals surface area contributed by atoms with E-state index in [2.05, 4.69) is 36.5 Å². The fourth-order valence-corrected chi connectivity index (χ4v) is 3.39. The van der Waals surface area contributed by atoms with Gasteiger partial charge >= 0.3 is 0 Å². The second kappa shape index (κ2) is 11.2. The molecule has 0 heterocycles. The maximum absolute atomic E-state index is 13.1. The number of hydrogen-bond acceptors (Lipinski definition) is 3. The summed E-state index contributed by atoms with van der Waals surface area (Å²) in [6.07, 6.45) is 2.57. The van der Waals surface area contributed by atoms with Crippen molar-refractivity contribution in [2.45, 2.75) is 52.1 Å². The fraction of sp³-hybridized carbons (Fsp3) is 0.417. The van der Waals surface area contributed by atoms with Crippen LogP contribution in [0.3, 0.4) is 0 Å². The van der Waals surface area contributed by atoms with Gasteiger partial charge in [-0.15, -0.1) is 0 Å². The summed E-state index contributed by atoms with van der Waals surface area (Å²) >= 11 is 0. The van der Waals surface area contributed by atoms with Crippen LogP contribution in [0.4, 0.5) is 0 Å². The molecule has 0 radical (unpaired) electrons. The van der Waals surface area contributed by atoms with Gasteiger partial charge in [0.1, 0.15) is 11.8 Å². The van der Waals surface area contributed by atoms with Crippen LogP contribution in [0.25, 0.3) is 0 Å². The normalized spacial score (nSPS) is 11.6. The van der Waals surface area contributed by atoms with Crippen LogP contribution in [0, 0.1) is 0 Å². The molecule has 0 bridgehead atoms. The number of carbonyl (C=O) groups is 2. The predicted molar refractivity (Wildman–Crippen MR) is 116 cm³/mol. The Kier molecular flexibility index (Phi) is 8.71. The molecule has 0 aliphatic rings. The maximum Gasteiger partial charge on any atom is 0.242 e.